The number of quaternary nitrogens is 1. The minimum absolute atomic E-state index is 0.216. The molecule has 0 radical (unpaired) electrons. The fourth-order valence-corrected chi connectivity index (χ4v) is 3.96. The topological polar surface area (TPSA) is 63.3 Å². The summed E-state index contributed by atoms with van der Waals surface area (Å²) in [5.74, 6) is 0.686. The van der Waals surface area contributed by atoms with Gasteiger partial charge in [-0.05, 0) is 36.1 Å². The number of para-hydroxylation sites is 1. The van der Waals surface area contributed by atoms with E-state index in [9.17, 15) is 4.79 Å². The second-order valence-electron chi connectivity index (χ2n) is 6.13. The largest absolute Gasteiger partial charge is 0.449 e. The summed E-state index contributed by atoms with van der Waals surface area (Å²) in [7, 11) is 2.11. The minimum Gasteiger partial charge on any atom is -0.449 e. The molecule has 3 aromatic heterocycles. The third kappa shape index (κ3) is 2.64. The minimum atomic E-state index is -0.216. The molecule has 6 heteroatoms. The number of hydrogen-bond donors (Lipinski definition) is 2. The van der Waals surface area contributed by atoms with Crippen molar-refractivity contribution in [1.29, 1.82) is 0 Å². The summed E-state index contributed by atoms with van der Waals surface area (Å²) in [6.07, 6.45) is 0. The van der Waals surface area contributed by atoms with Crippen molar-refractivity contribution >= 4 is 33.4 Å². The molecule has 0 aliphatic carbocycles. The van der Waals surface area contributed by atoms with E-state index in [4.69, 9.17) is 4.42 Å². The van der Waals surface area contributed by atoms with Gasteiger partial charge in [0.25, 0.3) is 5.56 Å². The van der Waals surface area contributed by atoms with Crippen molar-refractivity contribution < 1.29 is 9.32 Å². The predicted octanol–water partition coefficient (Wildman–Crippen LogP) is 2.25. The van der Waals surface area contributed by atoms with Gasteiger partial charge in [-0.15, -0.1) is 11.3 Å². The first kappa shape index (κ1) is 15.1. The number of H-pyrrole nitrogens is 1. The Balaban J connectivity index is 1.68. The molecular formula is C18H18N3O2S+. The van der Waals surface area contributed by atoms with E-state index in [2.05, 4.69) is 35.4 Å². The molecule has 2 N–H and O–H groups in total. The van der Waals surface area contributed by atoms with Gasteiger partial charge in [-0.1, -0.05) is 12.1 Å². The molecule has 5 nitrogen and oxygen atoms in total. The lowest BCUT2D eigenvalue weighted by molar-refractivity contribution is -0.908. The van der Waals surface area contributed by atoms with Gasteiger partial charge in [0.2, 0.25) is 5.58 Å². The van der Waals surface area contributed by atoms with Crippen molar-refractivity contribution in [2.24, 2.45) is 0 Å². The van der Waals surface area contributed by atoms with Crippen LogP contribution < -0.4 is 10.5 Å². The lowest BCUT2D eigenvalue weighted by Crippen LogP contribution is -3.06. The first-order valence-corrected chi connectivity index (χ1v) is 8.74. The lowest BCUT2D eigenvalue weighted by Gasteiger charge is -2.12. The maximum Gasteiger partial charge on any atom is 0.294 e. The van der Waals surface area contributed by atoms with E-state index in [1.807, 2.05) is 24.3 Å². The molecule has 4 aromatic rings. The van der Waals surface area contributed by atoms with Crippen LogP contribution in [0.5, 0.6) is 0 Å². The van der Waals surface area contributed by atoms with E-state index in [1.54, 1.807) is 11.3 Å². The molecule has 1 atom stereocenters. The number of hydrogen-bond acceptors (Lipinski definition) is 4. The molecule has 4 rings (SSSR count). The molecule has 0 saturated heterocycles. The van der Waals surface area contributed by atoms with Crippen LogP contribution in [0.25, 0.3) is 22.1 Å². The normalized spacial score (nSPS) is 12.9. The van der Waals surface area contributed by atoms with Gasteiger partial charge in [-0.25, -0.2) is 4.98 Å². The molecule has 0 aliphatic rings. The second kappa shape index (κ2) is 5.89. The number of nitrogens with one attached hydrogen (secondary N) is 2. The number of benzene rings is 1. The van der Waals surface area contributed by atoms with Crippen LogP contribution in [-0.2, 0) is 13.1 Å². The van der Waals surface area contributed by atoms with Gasteiger partial charge in [0.15, 0.2) is 5.82 Å². The van der Waals surface area contributed by atoms with E-state index < -0.39 is 0 Å². The predicted molar refractivity (Wildman–Crippen MR) is 95.5 cm³/mol. The maximum atomic E-state index is 12.3. The summed E-state index contributed by atoms with van der Waals surface area (Å²) in [6, 6.07) is 9.74. The van der Waals surface area contributed by atoms with Crippen LogP contribution in [0.1, 0.15) is 16.3 Å². The highest BCUT2D eigenvalue weighted by Crippen LogP contribution is 2.24. The number of nitrogens with zero attached hydrogens (tertiary/aromatic N) is 1. The van der Waals surface area contributed by atoms with E-state index in [1.165, 1.54) is 15.3 Å². The Morgan fingerprint density at radius 1 is 1.25 bits per heavy atom. The monoisotopic (exact) mass is 340 g/mol. The molecule has 0 bridgehead atoms. The quantitative estimate of drug-likeness (QED) is 0.599. The van der Waals surface area contributed by atoms with Crippen LogP contribution in [0.4, 0.5) is 0 Å². The molecular weight excluding hydrogens is 322 g/mol. The van der Waals surface area contributed by atoms with Gasteiger partial charge < -0.3 is 14.3 Å². The average molecular weight is 340 g/mol. The van der Waals surface area contributed by atoms with Gasteiger partial charge in [0, 0.05) is 5.39 Å². The third-order valence-electron chi connectivity index (χ3n) is 4.18. The number of aromatic amines is 1. The zero-order valence-corrected chi connectivity index (χ0v) is 14.4. The molecule has 1 unspecified atom stereocenters. The highest BCUT2D eigenvalue weighted by atomic mass is 32.1. The second-order valence-corrected chi connectivity index (χ2v) is 7.13. The Hall–Kier alpha value is -2.44. The van der Waals surface area contributed by atoms with Crippen LogP contribution in [0.15, 0.2) is 44.9 Å². The summed E-state index contributed by atoms with van der Waals surface area (Å²) in [5.41, 5.74) is 2.73. The summed E-state index contributed by atoms with van der Waals surface area (Å²) >= 11 is 1.77. The summed E-state index contributed by atoms with van der Waals surface area (Å²) in [6.45, 7) is 3.70. The van der Waals surface area contributed by atoms with Gasteiger partial charge in [-0.3, -0.25) is 4.79 Å². The number of rotatable bonds is 4. The summed E-state index contributed by atoms with van der Waals surface area (Å²) < 4.78 is 5.63. The SMILES string of the molecule is Cc1ccsc1C[NH+](C)Cc1nc2c(oc3ccccc32)c(=O)[nH]1. The van der Waals surface area contributed by atoms with Crippen LogP contribution in [0, 0.1) is 6.92 Å². The van der Waals surface area contributed by atoms with Crippen molar-refractivity contribution in [1.82, 2.24) is 9.97 Å². The smallest absolute Gasteiger partial charge is 0.294 e. The van der Waals surface area contributed by atoms with Crippen LogP contribution in [0.3, 0.4) is 0 Å². The molecule has 3 heterocycles. The summed E-state index contributed by atoms with van der Waals surface area (Å²) in [4.78, 5) is 22.5. The molecule has 1 aromatic carbocycles. The standard InChI is InChI=1S/C18H17N3O2S/c1-11-7-8-24-14(11)9-21(2)10-15-19-16-12-5-3-4-6-13(12)23-17(16)18(22)20-15/h3-8H,9-10H2,1-2H3,(H,19,20,22)/p+1. The van der Waals surface area contributed by atoms with Gasteiger partial charge in [-0.2, -0.15) is 0 Å². The Labute approximate surface area is 142 Å². The van der Waals surface area contributed by atoms with Gasteiger partial charge >= 0.3 is 0 Å². The van der Waals surface area contributed by atoms with Crippen molar-refractivity contribution in [3.8, 4) is 0 Å². The zero-order chi connectivity index (χ0) is 16.7. The number of fused-ring (bicyclic) bond motifs is 3. The van der Waals surface area contributed by atoms with Gasteiger partial charge in [0.1, 0.15) is 24.2 Å². The van der Waals surface area contributed by atoms with Crippen LogP contribution >= 0.6 is 11.3 Å². The van der Waals surface area contributed by atoms with E-state index >= 15 is 0 Å². The average Bonchev–Trinajstić information content (AvgIpc) is 3.12. The fraction of sp³-hybridized carbons (Fsp3) is 0.222. The fourth-order valence-electron chi connectivity index (χ4n) is 2.94. The Kier molecular flexibility index (Phi) is 3.70. The zero-order valence-electron chi connectivity index (χ0n) is 13.6. The van der Waals surface area contributed by atoms with E-state index in [0.29, 0.717) is 29.1 Å². The first-order chi connectivity index (χ1) is 11.6. The number of aryl methyl sites for hydroxylation is 1. The Bertz CT molecular complexity index is 1080. The third-order valence-corrected chi connectivity index (χ3v) is 5.20. The van der Waals surface area contributed by atoms with Crippen LogP contribution in [-0.4, -0.2) is 17.0 Å². The molecule has 0 aliphatic heterocycles. The van der Waals surface area contributed by atoms with Crippen molar-refractivity contribution in [3.63, 3.8) is 0 Å². The number of furan rings is 1. The summed E-state index contributed by atoms with van der Waals surface area (Å²) in [5, 5.41) is 2.99. The molecule has 0 spiro atoms. The molecule has 0 saturated carbocycles. The van der Waals surface area contributed by atoms with Gasteiger partial charge in [0.05, 0.1) is 11.9 Å². The highest BCUT2D eigenvalue weighted by molar-refractivity contribution is 7.10. The van der Waals surface area contributed by atoms with Crippen LogP contribution in [0.2, 0.25) is 0 Å². The maximum absolute atomic E-state index is 12.3. The van der Waals surface area contributed by atoms with E-state index in [-0.39, 0.29) is 5.56 Å². The molecule has 122 valence electrons. The van der Waals surface area contributed by atoms with Crippen molar-refractivity contribution in [2.45, 2.75) is 20.0 Å². The first-order valence-electron chi connectivity index (χ1n) is 7.86. The number of aromatic nitrogens is 2. The lowest BCUT2D eigenvalue weighted by atomic mass is 10.2. The Morgan fingerprint density at radius 2 is 2.08 bits per heavy atom. The van der Waals surface area contributed by atoms with E-state index in [0.717, 1.165) is 11.9 Å². The molecule has 0 amide bonds. The highest BCUT2D eigenvalue weighted by Gasteiger charge is 2.15. The van der Waals surface area contributed by atoms with Crippen molar-refractivity contribution in [3.05, 3.63) is 62.3 Å². The number of thiophene rings is 1. The Morgan fingerprint density at radius 3 is 2.88 bits per heavy atom. The van der Waals surface area contributed by atoms with Crippen molar-refractivity contribution in [2.75, 3.05) is 7.05 Å². The molecule has 0 fully saturated rings. The molecule has 24 heavy (non-hydrogen) atoms.